The summed E-state index contributed by atoms with van der Waals surface area (Å²) in [6, 6.07) is 4.84. The van der Waals surface area contributed by atoms with Crippen molar-refractivity contribution in [1.29, 1.82) is 5.26 Å². The predicted molar refractivity (Wildman–Crippen MR) is 101 cm³/mol. The smallest absolute Gasteiger partial charge is 0.321 e. The van der Waals surface area contributed by atoms with Crippen LogP contribution in [0.4, 0.5) is 11.4 Å². The zero-order chi connectivity index (χ0) is 22.4. The van der Waals surface area contributed by atoms with Crippen molar-refractivity contribution in [3.05, 3.63) is 39.6 Å². The number of nitro groups is 1. The van der Waals surface area contributed by atoms with Crippen molar-refractivity contribution in [2.75, 3.05) is 32.1 Å². The number of hydrogen-bond acceptors (Lipinski definition) is 10. The summed E-state index contributed by atoms with van der Waals surface area (Å²) in [5.41, 5.74) is 4.70. The Labute approximate surface area is 166 Å². The Balaban J connectivity index is 2.84. The third-order valence-corrected chi connectivity index (χ3v) is 4.89. The van der Waals surface area contributed by atoms with E-state index < -0.39 is 50.4 Å². The number of esters is 1. The van der Waals surface area contributed by atoms with Gasteiger partial charge in [0.25, 0.3) is 5.69 Å². The summed E-state index contributed by atoms with van der Waals surface area (Å²) in [6.07, 6.45) is 0. The maximum atomic E-state index is 12.3. The second-order valence-corrected chi connectivity index (χ2v) is 7.65. The van der Waals surface area contributed by atoms with Crippen LogP contribution in [0, 0.1) is 21.4 Å². The van der Waals surface area contributed by atoms with Gasteiger partial charge in [0.1, 0.15) is 23.9 Å². The lowest BCUT2D eigenvalue weighted by molar-refractivity contribution is -0.384. The summed E-state index contributed by atoms with van der Waals surface area (Å²) in [4.78, 5) is 34.8. The van der Waals surface area contributed by atoms with Crippen molar-refractivity contribution in [1.82, 2.24) is 4.72 Å². The first-order valence-corrected chi connectivity index (χ1v) is 9.39. The topological polar surface area (TPSA) is 186 Å². The zero-order valence-corrected chi connectivity index (χ0v) is 16.6. The van der Waals surface area contributed by atoms with E-state index >= 15 is 0 Å². The Morgan fingerprint density at radius 2 is 2.00 bits per heavy atom. The maximum absolute atomic E-state index is 12.3. The average Bonchev–Trinajstić information content (AvgIpc) is 2.64. The van der Waals surface area contributed by atoms with Gasteiger partial charge >= 0.3 is 5.97 Å². The summed E-state index contributed by atoms with van der Waals surface area (Å²) < 4.78 is 31.1. The van der Waals surface area contributed by atoms with Crippen molar-refractivity contribution < 1.29 is 27.7 Å². The number of ketones is 1. The highest BCUT2D eigenvalue weighted by atomic mass is 32.2. The first-order valence-electron chi connectivity index (χ1n) is 7.91. The Hall–Kier alpha value is -3.50. The molecule has 29 heavy (non-hydrogen) atoms. The molecule has 0 saturated carbocycles. The van der Waals surface area contributed by atoms with Crippen LogP contribution in [0.3, 0.4) is 0 Å². The number of carbonyl (C=O) groups is 2. The number of nitrogens with one attached hydrogen (secondary N) is 1. The number of anilines is 1. The van der Waals surface area contributed by atoms with Crippen molar-refractivity contribution in [3.63, 3.8) is 0 Å². The summed E-state index contributed by atoms with van der Waals surface area (Å²) in [6.45, 7) is -0.291. The van der Waals surface area contributed by atoms with Gasteiger partial charge < -0.3 is 15.4 Å². The molecule has 0 heterocycles. The number of ether oxygens (including phenoxy) is 1. The van der Waals surface area contributed by atoms with E-state index in [1.807, 2.05) is 4.72 Å². The molecule has 1 rings (SSSR count). The highest BCUT2D eigenvalue weighted by Gasteiger charge is 2.23. The lowest BCUT2D eigenvalue weighted by atomic mass is 10.1. The monoisotopic (exact) mass is 425 g/mol. The van der Waals surface area contributed by atoms with Crippen LogP contribution in [-0.4, -0.2) is 52.3 Å². The number of rotatable bonds is 9. The Morgan fingerprint density at radius 3 is 2.48 bits per heavy atom. The number of allylic oxidation sites excluding steroid dienone is 1. The van der Waals surface area contributed by atoms with E-state index in [9.17, 15) is 28.1 Å². The number of carbonyl (C=O) groups excluding carboxylic acids is 2. The van der Waals surface area contributed by atoms with Crippen LogP contribution in [0.1, 0.15) is 6.92 Å². The van der Waals surface area contributed by atoms with Gasteiger partial charge in [-0.15, -0.1) is 0 Å². The van der Waals surface area contributed by atoms with Crippen LogP contribution < -0.4 is 15.4 Å². The third kappa shape index (κ3) is 6.26. The van der Waals surface area contributed by atoms with Gasteiger partial charge in [-0.1, -0.05) is 0 Å². The molecule has 13 heteroatoms. The van der Waals surface area contributed by atoms with E-state index in [2.05, 4.69) is 4.74 Å². The molecule has 0 saturated heterocycles. The minimum atomic E-state index is -4.27. The highest BCUT2D eigenvalue weighted by molar-refractivity contribution is 7.89. The Morgan fingerprint density at radius 1 is 1.38 bits per heavy atom. The molecule has 0 unspecified atom stereocenters. The standard InChI is InChI=1S/C16H19N5O7S/c1-10(18)12(7-17)15(22)9-28-16(23)8-19-29(26,27)11-4-5-13(20(2)3)14(6-11)21(24)25/h4-6,19H,8-9,18H2,1-3H3/b12-10+. The van der Waals surface area contributed by atoms with E-state index in [0.29, 0.717) is 0 Å². The molecular formula is C16H19N5O7S. The molecular weight excluding hydrogens is 406 g/mol. The molecule has 0 aromatic heterocycles. The lowest BCUT2D eigenvalue weighted by Gasteiger charge is -2.13. The Kier molecular flexibility index (Phi) is 7.81. The van der Waals surface area contributed by atoms with E-state index in [0.717, 1.165) is 12.1 Å². The van der Waals surface area contributed by atoms with Crippen molar-refractivity contribution in [3.8, 4) is 6.07 Å². The molecule has 0 aliphatic heterocycles. The largest absolute Gasteiger partial charge is 0.456 e. The lowest BCUT2D eigenvalue weighted by Crippen LogP contribution is -2.32. The minimum Gasteiger partial charge on any atom is -0.456 e. The molecule has 156 valence electrons. The number of benzene rings is 1. The number of nitriles is 1. The van der Waals surface area contributed by atoms with Crippen molar-refractivity contribution in [2.45, 2.75) is 11.8 Å². The fourth-order valence-electron chi connectivity index (χ4n) is 2.07. The van der Waals surface area contributed by atoms with Crippen LogP contribution in [0.15, 0.2) is 34.4 Å². The molecule has 0 bridgehead atoms. The summed E-state index contributed by atoms with van der Waals surface area (Å²) in [7, 11) is -1.15. The maximum Gasteiger partial charge on any atom is 0.321 e. The molecule has 1 aromatic carbocycles. The molecule has 12 nitrogen and oxygen atoms in total. The van der Waals surface area contributed by atoms with Gasteiger partial charge in [-0.05, 0) is 19.1 Å². The first-order chi connectivity index (χ1) is 13.4. The van der Waals surface area contributed by atoms with Gasteiger partial charge in [0.2, 0.25) is 15.8 Å². The van der Waals surface area contributed by atoms with Gasteiger partial charge in [-0.3, -0.25) is 19.7 Å². The molecule has 0 amide bonds. The number of Topliss-reactive ketones (excluding diaryl/α,β-unsaturated/α-hetero) is 1. The van der Waals surface area contributed by atoms with E-state index in [1.165, 1.54) is 17.9 Å². The van der Waals surface area contributed by atoms with E-state index in [-0.39, 0.29) is 17.0 Å². The molecule has 0 aliphatic rings. The number of sulfonamides is 1. The van der Waals surface area contributed by atoms with Gasteiger partial charge in [-0.25, -0.2) is 8.42 Å². The number of nitro benzene ring substituents is 1. The second-order valence-electron chi connectivity index (χ2n) is 5.88. The second kappa shape index (κ2) is 9.62. The first kappa shape index (κ1) is 23.5. The fourth-order valence-corrected chi connectivity index (χ4v) is 3.06. The van der Waals surface area contributed by atoms with Crippen LogP contribution in [0.5, 0.6) is 0 Å². The number of nitrogens with zero attached hydrogens (tertiary/aromatic N) is 3. The zero-order valence-electron chi connectivity index (χ0n) is 15.8. The third-order valence-electron chi connectivity index (χ3n) is 3.49. The van der Waals surface area contributed by atoms with Crippen LogP contribution in [0.25, 0.3) is 0 Å². The van der Waals surface area contributed by atoms with Crippen LogP contribution in [-0.2, 0) is 24.3 Å². The Bertz CT molecular complexity index is 1000. The van der Waals surface area contributed by atoms with E-state index in [4.69, 9.17) is 11.0 Å². The van der Waals surface area contributed by atoms with Crippen molar-refractivity contribution >= 4 is 33.2 Å². The molecule has 1 aromatic rings. The summed E-state index contributed by atoms with van der Waals surface area (Å²) >= 11 is 0. The fraction of sp³-hybridized carbons (Fsp3) is 0.312. The SMILES string of the molecule is C/C(N)=C(/C#N)C(=O)COC(=O)CNS(=O)(=O)c1ccc(N(C)C)c([N+](=O)[O-])c1. The minimum absolute atomic E-state index is 0.0444. The van der Waals surface area contributed by atoms with Crippen molar-refractivity contribution in [2.24, 2.45) is 5.73 Å². The van der Waals surface area contributed by atoms with Gasteiger partial charge in [-0.2, -0.15) is 9.98 Å². The van der Waals surface area contributed by atoms with Gasteiger partial charge in [0, 0.05) is 25.9 Å². The number of hydrogen-bond donors (Lipinski definition) is 2. The molecule has 0 atom stereocenters. The summed E-state index contributed by atoms with van der Waals surface area (Å²) in [5, 5.41) is 20.0. The quantitative estimate of drug-likeness (QED) is 0.176. The highest BCUT2D eigenvalue weighted by Crippen LogP contribution is 2.29. The normalized spacial score (nSPS) is 11.8. The molecule has 0 aliphatic carbocycles. The van der Waals surface area contributed by atoms with Crippen LogP contribution in [0.2, 0.25) is 0 Å². The van der Waals surface area contributed by atoms with E-state index in [1.54, 1.807) is 20.2 Å². The number of nitrogens with two attached hydrogens (primary N) is 1. The molecule has 3 N–H and O–H groups in total. The van der Waals surface area contributed by atoms with Crippen LogP contribution >= 0.6 is 0 Å². The van der Waals surface area contributed by atoms with Gasteiger partial charge in [0.15, 0.2) is 6.61 Å². The molecule has 0 spiro atoms. The predicted octanol–water partition coefficient (Wildman–Crippen LogP) is -0.192. The van der Waals surface area contributed by atoms with Gasteiger partial charge in [0.05, 0.1) is 9.82 Å². The summed E-state index contributed by atoms with van der Waals surface area (Å²) in [5.74, 6) is -1.92. The molecule has 0 radical (unpaired) electrons. The average molecular weight is 425 g/mol. The molecule has 0 fully saturated rings.